The maximum absolute atomic E-state index is 10.6. The number of nitrogens with zero attached hydrogens (tertiary/aromatic N) is 1. The Morgan fingerprint density at radius 2 is 1.77 bits per heavy atom. The summed E-state index contributed by atoms with van der Waals surface area (Å²) in [5.74, 6) is -0.252. The Hall–Kier alpha value is -2.66. The van der Waals surface area contributed by atoms with Crippen molar-refractivity contribution in [2.24, 2.45) is 0 Å². The molecule has 3 aromatic rings. The zero-order valence-corrected chi connectivity index (χ0v) is 15.4. The highest BCUT2D eigenvalue weighted by molar-refractivity contribution is 7.13. The predicted molar refractivity (Wildman–Crippen MR) is 101 cm³/mol. The highest BCUT2D eigenvalue weighted by atomic mass is 32.1. The summed E-state index contributed by atoms with van der Waals surface area (Å²) in [6.45, 7) is 2.67. The monoisotopic (exact) mass is 366 g/mol. The van der Waals surface area contributed by atoms with Crippen LogP contribution in [0.4, 0.5) is 0 Å². The molecule has 0 saturated carbocycles. The largest absolute Gasteiger partial charge is 0.550 e. The Morgan fingerprint density at radius 3 is 2.42 bits per heavy atom. The number of aliphatic carboxylic acids is 1. The number of aryl methyl sites for hydroxylation is 1. The van der Waals surface area contributed by atoms with E-state index in [-0.39, 0.29) is 6.42 Å². The van der Waals surface area contributed by atoms with Gasteiger partial charge in [0.05, 0.1) is 5.69 Å². The van der Waals surface area contributed by atoms with Crippen LogP contribution in [0.25, 0.3) is 10.6 Å². The summed E-state index contributed by atoms with van der Waals surface area (Å²) in [4.78, 5) is 15.0. The van der Waals surface area contributed by atoms with Gasteiger partial charge in [0.1, 0.15) is 17.4 Å². The molecule has 4 nitrogen and oxygen atoms in total. The summed E-state index contributed by atoms with van der Waals surface area (Å²) in [6, 6.07) is 16.2. The highest BCUT2D eigenvalue weighted by Gasteiger charge is 2.05. The molecule has 134 valence electrons. The van der Waals surface area contributed by atoms with E-state index in [4.69, 9.17) is 4.74 Å². The first-order valence-electron chi connectivity index (χ1n) is 8.59. The number of carbonyl (C=O) groups excluding carboxylic acids is 1. The van der Waals surface area contributed by atoms with E-state index in [2.05, 4.69) is 24.0 Å². The average Bonchev–Trinajstić information content (AvgIpc) is 3.09. The fourth-order valence-corrected chi connectivity index (χ4v) is 3.45. The molecule has 0 saturated heterocycles. The smallest absolute Gasteiger partial charge is 0.123 e. The Kier molecular flexibility index (Phi) is 6.02. The van der Waals surface area contributed by atoms with Gasteiger partial charge in [-0.1, -0.05) is 49.7 Å². The van der Waals surface area contributed by atoms with Gasteiger partial charge in [-0.3, -0.25) is 0 Å². The molecule has 26 heavy (non-hydrogen) atoms. The minimum atomic E-state index is -1.11. The Bertz CT molecular complexity index is 854. The van der Waals surface area contributed by atoms with Gasteiger partial charge in [-0.05, 0) is 29.7 Å². The number of carboxylic acids is 1. The first-order chi connectivity index (χ1) is 12.6. The number of hydrogen-bond acceptors (Lipinski definition) is 5. The summed E-state index contributed by atoms with van der Waals surface area (Å²) in [5, 5.41) is 13.2. The van der Waals surface area contributed by atoms with Crippen molar-refractivity contribution in [3.05, 3.63) is 70.7 Å². The summed E-state index contributed by atoms with van der Waals surface area (Å²) in [5.41, 5.74) is 3.89. The molecule has 0 unspecified atom stereocenters. The van der Waals surface area contributed by atoms with Crippen LogP contribution >= 0.6 is 11.3 Å². The SMILES string of the molecule is CCCc1ccc(OCc2ccc(-c3nc(CC(=O)[O-])cs3)cc2)cc1. The van der Waals surface area contributed by atoms with E-state index in [0.29, 0.717) is 12.3 Å². The van der Waals surface area contributed by atoms with Gasteiger partial charge in [-0.15, -0.1) is 11.3 Å². The second-order valence-corrected chi connectivity index (χ2v) is 6.93. The number of ether oxygens (including phenoxy) is 1. The van der Waals surface area contributed by atoms with Crippen LogP contribution in [-0.4, -0.2) is 11.0 Å². The van der Waals surface area contributed by atoms with Crippen molar-refractivity contribution in [1.29, 1.82) is 0 Å². The summed E-state index contributed by atoms with van der Waals surface area (Å²) in [7, 11) is 0. The molecule has 0 bridgehead atoms. The van der Waals surface area contributed by atoms with Crippen LogP contribution in [0.2, 0.25) is 0 Å². The number of rotatable bonds is 8. The van der Waals surface area contributed by atoms with Crippen LogP contribution in [0.1, 0.15) is 30.2 Å². The molecular weight excluding hydrogens is 346 g/mol. The molecule has 0 aliphatic heterocycles. The van der Waals surface area contributed by atoms with Crippen LogP contribution in [0.5, 0.6) is 5.75 Å². The number of aromatic nitrogens is 1. The van der Waals surface area contributed by atoms with Gasteiger partial charge in [0.2, 0.25) is 0 Å². The molecule has 0 aliphatic rings. The van der Waals surface area contributed by atoms with Crippen LogP contribution < -0.4 is 9.84 Å². The molecule has 1 heterocycles. The Balaban J connectivity index is 1.59. The van der Waals surface area contributed by atoms with Crippen LogP contribution in [0, 0.1) is 0 Å². The molecule has 0 spiro atoms. The van der Waals surface area contributed by atoms with Gasteiger partial charge in [0.25, 0.3) is 0 Å². The molecule has 0 amide bonds. The molecule has 0 N–H and O–H groups in total. The maximum atomic E-state index is 10.6. The lowest BCUT2D eigenvalue weighted by Crippen LogP contribution is -2.24. The Morgan fingerprint density at radius 1 is 1.08 bits per heavy atom. The van der Waals surface area contributed by atoms with Crippen molar-refractivity contribution in [1.82, 2.24) is 4.98 Å². The lowest BCUT2D eigenvalue weighted by Gasteiger charge is -2.08. The van der Waals surface area contributed by atoms with Crippen molar-refractivity contribution < 1.29 is 14.6 Å². The Labute approximate surface area is 157 Å². The summed E-state index contributed by atoms with van der Waals surface area (Å²) in [6.07, 6.45) is 2.07. The minimum Gasteiger partial charge on any atom is -0.550 e. The van der Waals surface area contributed by atoms with E-state index in [9.17, 15) is 9.90 Å². The average molecular weight is 366 g/mol. The fourth-order valence-electron chi connectivity index (χ4n) is 2.62. The van der Waals surface area contributed by atoms with Gasteiger partial charge >= 0.3 is 0 Å². The molecule has 1 aromatic heterocycles. The number of thiazole rings is 1. The number of carboxylic acid groups (broad SMARTS) is 1. The standard InChI is InChI=1S/C21H21NO3S/c1-2-3-15-6-10-19(11-7-15)25-13-16-4-8-17(9-5-16)21-22-18(14-26-21)12-20(23)24/h4-11,14H,2-3,12-13H2,1H3,(H,23,24)/p-1. The van der Waals surface area contributed by atoms with Crippen molar-refractivity contribution in [2.45, 2.75) is 32.8 Å². The second-order valence-electron chi connectivity index (χ2n) is 6.07. The lowest BCUT2D eigenvalue weighted by molar-refractivity contribution is -0.304. The van der Waals surface area contributed by atoms with Crippen LogP contribution in [0.15, 0.2) is 53.9 Å². The van der Waals surface area contributed by atoms with E-state index in [1.165, 1.54) is 16.9 Å². The normalized spacial score (nSPS) is 10.7. The van der Waals surface area contributed by atoms with E-state index < -0.39 is 5.97 Å². The first kappa shape index (κ1) is 18.1. The van der Waals surface area contributed by atoms with Crippen molar-refractivity contribution in [3.8, 4) is 16.3 Å². The van der Waals surface area contributed by atoms with Gasteiger partial charge in [0, 0.05) is 23.3 Å². The topological polar surface area (TPSA) is 62.2 Å². The van der Waals surface area contributed by atoms with Crippen molar-refractivity contribution >= 4 is 17.3 Å². The van der Waals surface area contributed by atoms with Crippen molar-refractivity contribution in [2.75, 3.05) is 0 Å². The quantitative estimate of drug-likeness (QED) is 0.611. The van der Waals surface area contributed by atoms with E-state index in [1.54, 1.807) is 5.38 Å². The minimum absolute atomic E-state index is 0.153. The molecule has 0 fully saturated rings. The van der Waals surface area contributed by atoms with Gasteiger partial charge in [-0.25, -0.2) is 4.98 Å². The van der Waals surface area contributed by atoms with Gasteiger partial charge in [0.15, 0.2) is 0 Å². The van der Waals surface area contributed by atoms with E-state index >= 15 is 0 Å². The van der Waals surface area contributed by atoms with Crippen LogP contribution in [0.3, 0.4) is 0 Å². The zero-order valence-electron chi connectivity index (χ0n) is 14.6. The molecule has 0 radical (unpaired) electrons. The number of benzene rings is 2. The van der Waals surface area contributed by atoms with Crippen LogP contribution in [-0.2, 0) is 24.2 Å². The molecular formula is C21H20NO3S-. The molecule has 0 atom stereocenters. The molecule has 5 heteroatoms. The van der Waals surface area contributed by atoms with E-state index in [1.807, 2.05) is 36.4 Å². The van der Waals surface area contributed by atoms with E-state index in [0.717, 1.165) is 34.7 Å². The van der Waals surface area contributed by atoms with Gasteiger partial charge in [-0.2, -0.15) is 0 Å². The highest BCUT2D eigenvalue weighted by Crippen LogP contribution is 2.24. The predicted octanol–water partition coefficient (Wildman–Crippen LogP) is 3.63. The maximum Gasteiger partial charge on any atom is 0.123 e. The third-order valence-corrected chi connectivity index (χ3v) is 4.89. The molecule has 2 aromatic carbocycles. The van der Waals surface area contributed by atoms with Crippen molar-refractivity contribution in [3.63, 3.8) is 0 Å². The summed E-state index contributed by atoms with van der Waals surface area (Å²) >= 11 is 1.43. The fraction of sp³-hybridized carbons (Fsp3) is 0.238. The first-order valence-corrected chi connectivity index (χ1v) is 9.47. The zero-order chi connectivity index (χ0) is 18.4. The number of hydrogen-bond donors (Lipinski definition) is 0. The molecule has 0 aliphatic carbocycles. The molecule has 3 rings (SSSR count). The third-order valence-electron chi connectivity index (χ3n) is 3.95. The number of carbonyl (C=O) groups is 1. The summed E-state index contributed by atoms with van der Waals surface area (Å²) < 4.78 is 5.83. The third kappa shape index (κ3) is 4.92. The van der Waals surface area contributed by atoms with Gasteiger partial charge < -0.3 is 14.6 Å². The lowest BCUT2D eigenvalue weighted by atomic mass is 10.1. The second kappa shape index (κ2) is 8.63.